The minimum atomic E-state index is -0.452. The highest BCUT2D eigenvalue weighted by Gasteiger charge is 2.41. The number of rotatable bonds is 8. The van der Waals surface area contributed by atoms with Gasteiger partial charge in [-0.05, 0) is 101 Å². The lowest BCUT2D eigenvalue weighted by Crippen LogP contribution is -2.38. The van der Waals surface area contributed by atoms with Crippen molar-refractivity contribution in [1.29, 1.82) is 0 Å². The van der Waals surface area contributed by atoms with Gasteiger partial charge in [0.25, 0.3) is 0 Å². The first-order valence-corrected chi connectivity index (χ1v) is 23.5. The molecule has 0 N–H and O–H groups in total. The molecule has 322 valence electrons. The zero-order valence-electron chi connectivity index (χ0n) is 37.7. The van der Waals surface area contributed by atoms with Crippen molar-refractivity contribution in [3.05, 3.63) is 258 Å². The molecule has 0 fully saturated rings. The predicted molar refractivity (Wildman–Crippen MR) is 287 cm³/mol. The van der Waals surface area contributed by atoms with Crippen LogP contribution in [0.4, 0.5) is 11.4 Å². The van der Waals surface area contributed by atoms with Gasteiger partial charge in [0.15, 0.2) is 0 Å². The number of nitrogens with zero attached hydrogens (tertiary/aromatic N) is 2. The average Bonchev–Trinajstić information content (AvgIpc) is 3.92. The molecule has 1 aromatic heterocycles. The number of benzene rings is 10. The Kier molecular flexibility index (Phi) is 9.26. The molecule has 3 unspecified atom stereocenters. The summed E-state index contributed by atoms with van der Waals surface area (Å²) in [5.74, 6) is 0.142. The maximum Gasteiger partial charge on any atom is 0.145 e. The van der Waals surface area contributed by atoms with E-state index in [1.807, 2.05) is 0 Å². The Hall–Kier alpha value is -8.53. The lowest BCUT2D eigenvalue weighted by atomic mass is 9.85. The van der Waals surface area contributed by atoms with Crippen molar-refractivity contribution in [2.75, 3.05) is 4.90 Å². The molecule has 10 aromatic carbocycles. The van der Waals surface area contributed by atoms with Crippen LogP contribution in [-0.4, -0.2) is 11.8 Å². The van der Waals surface area contributed by atoms with E-state index in [1.54, 1.807) is 0 Å². The lowest BCUT2D eigenvalue weighted by Gasteiger charge is -2.31. The third-order valence-electron chi connectivity index (χ3n) is 14.5. The number of aliphatic imine (C=N–C) groups is 1. The predicted octanol–water partition coefficient (Wildman–Crippen LogP) is 15.4. The van der Waals surface area contributed by atoms with Crippen molar-refractivity contribution < 1.29 is 4.42 Å². The number of hydrogen-bond acceptors (Lipinski definition) is 3. The van der Waals surface area contributed by atoms with E-state index in [0.717, 1.165) is 82.7 Å². The molecule has 0 spiro atoms. The van der Waals surface area contributed by atoms with Crippen molar-refractivity contribution in [3.8, 4) is 11.1 Å². The van der Waals surface area contributed by atoms with Crippen molar-refractivity contribution in [3.63, 3.8) is 0 Å². The maximum absolute atomic E-state index is 7.19. The van der Waals surface area contributed by atoms with Crippen LogP contribution in [0.25, 0.3) is 83.1 Å². The molecule has 1 aliphatic heterocycles. The van der Waals surface area contributed by atoms with E-state index in [4.69, 9.17) is 22.6 Å². The molecule has 0 bridgehead atoms. The molecule has 3 nitrogen and oxygen atoms in total. The van der Waals surface area contributed by atoms with Crippen LogP contribution >= 0.6 is 0 Å². The molecule has 2 heterocycles. The first-order valence-electron chi connectivity index (χ1n) is 23.5. The summed E-state index contributed by atoms with van der Waals surface area (Å²) in [5, 5.41) is 11.6. The summed E-state index contributed by atoms with van der Waals surface area (Å²) in [5.41, 5.74) is 13.2. The number of fused-ring (bicyclic) bond motifs is 10. The summed E-state index contributed by atoms with van der Waals surface area (Å²) >= 11 is 0. The molecule has 68 heavy (non-hydrogen) atoms. The molecule has 0 saturated heterocycles. The molecule has 0 radical (unpaired) electrons. The monoisotopic (exact) mass is 870 g/mol. The molecule has 3 atom stereocenters. The molecule has 2 aliphatic rings. The Labute approximate surface area is 395 Å². The number of hydrogen-bond donors (Lipinski definition) is 0. The van der Waals surface area contributed by atoms with Gasteiger partial charge in [-0.25, -0.2) is 0 Å². The summed E-state index contributed by atoms with van der Waals surface area (Å²) in [4.78, 5) is 8.24. The SMILES string of the molecule is C=C(C(=C)C(/N=C(\C)c1ccc(-c2ccccc2)cc1)c1cccc2ccccc12)c1c2ccccc2c(N2c3cc4ccccc4cc3C3C=c4ccccc4=CC32)c2c1oc1ccccc12. The topological polar surface area (TPSA) is 28.7 Å². The minimum absolute atomic E-state index is 0.0239. The Balaban J connectivity index is 1.03. The summed E-state index contributed by atoms with van der Waals surface area (Å²) in [6.45, 7) is 12.0. The second-order valence-electron chi connectivity index (χ2n) is 18.3. The van der Waals surface area contributed by atoms with E-state index < -0.39 is 6.04 Å². The van der Waals surface area contributed by atoms with Gasteiger partial charge in [-0.1, -0.05) is 213 Å². The fraction of sp³-hybridized carbons (Fsp3) is 0.0615. The molecule has 0 amide bonds. The Morgan fingerprint density at radius 2 is 1.16 bits per heavy atom. The smallest absolute Gasteiger partial charge is 0.145 e. The van der Waals surface area contributed by atoms with Crippen LogP contribution in [0, 0.1) is 0 Å². The van der Waals surface area contributed by atoms with Gasteiger partial charge in [0, 0.05) is 33.7 Å². The highest BCUT2D eigenvalue weighted by molar-refractivity contribution is 6.26. The van der Waals surface area contributed by atoms with Gasteiger partial charge in [-0.2, -0.15) is 0 Å². The Morgan fingerprint density at radius 1 is 0.559 bits per heavy atom. The summed E-state index contributed by atoms with van der Waals surface area (Å²) in [6.07, 6.45) is 4.96. The van der Waals surface area contributed by atoms with Crippen LogP contribution in [0.1, 0.15) is 41.1 Å². The summed E-state index contributed by atoms with van der Waals surface area (Å²) in [6, 6.07) is 73.5. The Morgan fingerprint density at radius 3 is 1.94 bits per heavy atom. The van der Waals surface area contributed by atoms with Crippen LogP contribution in [-0.2, 0) is 0 Å². The van der Waals surface area contributed by atoms with Crippen molar-refractivity contribution in [2.45, 2.75) is 24.9 Å². The molecule has 13 rings (SSSR count). The van der Waals surface area contributed by atoms with Gasteiger partial charge in [0.2, 0.25) is 0 Å². The fourth-order valence-electron chi connectivity index (χ4n) is 11.2. The Bertz CT molecular complexity index is 4040. The molecule has 0 saturated carbocycles. The van der Waals surface area contributed by atoms with E-state index in [-0.39, 0.29) is 12.0 Å². The van der Waals surface area contributed by atoms with Crippen molar-refractivity contribution in [1.82, 2.24) is 0 Å². The number of para-hydroxylation sites is 1. The van der Waals surface area contributed by atoms with Crippen LogP contribution < -0.4 is 15.3 Å². The number of anilines is 2. The summed E-state index contributed by atoms with van der Waals surface area (Å²) in [7, 11) is 0. The standard InChI is InChI=1S/C65H46N2O/c1-40(41(2)63(53-30-17-25-46-20-11-12-26-51(46)53)66-42(3)43-32-34-45(35-33-43)44-18-5-4-6-19-44)61-52-27-13-14-28-54(52)64(62-55-29-15-16-31-60(55)68-65(61)62)67-58-38-49-23-9-7-21-47(49)36-56(58)57-37-48-22-8-10-24-50(48)39-59(57)67/h4-39,56,58,63H,1-2H2,3H3/b66-42+. The zero-order chi connectivity index (χ0) is 45.5. The van der Waals surface area contributed by atoms with E-state index in [1.165, 1.54) is 43.6 Å². The second kappa shape index (κ2) is 15.8. The van der Waals surface area contributed by atoms with Gasteiger partial charge in [0.05, 0.1) is 17.1 Å². The van der Waals surface area contributed by atoms with Gasteiger partial charge < -0.3 is 9.32 Å². The molecule has 11 aromatic rings. The highest BCUT2D eigenvalue weighted by atomic mass is 16.3. The van der Waals surface area contributed by atoms with Gasteiger partial charge in [-0.3, -0.25) is 4.99 Å². The van der Waals surface area contributed by atoms with Crippen LogP contribution in [0.3, 0.4) is 0 Å². The first kappa shape index (κ1) is 39.8. The molecule has 1 aliphatic carbocycles. The molecular formula is C65H46N2O. The maximum atomic E-state index is 7.19. The minimum Gasteiger partial charge on any atom is -0.455 e. The van der Waals surface area contributed by atoms with Gasteiger partial charge in [0.1, 0.15) is 17.2 Å². The van der Waals surface area contributed by atoms with E-state index in [2.05, 4.69) is 230 Å². The van der Waals surface area contributed by atoms with Gasteiger partial charge >= 0.3 is 0 Å². The largest absolute Gasteiger partial charge is 0.455 e. The first-order chi connectivity index (χ1) is 33.5. The van der Waals surface area contributed by atoms with Crippen LogP contribution in [0.15, 0.2) is 234 Å². The lowest BCUT2D eigenvalue weighted by molar-refractivity contribution is 0.668. The fourth-order valence-corrected chi connectivity index (χ4v) is 11.2. The zero-order valence-corrected chi connectivity index (χ0v) is 37.7. The van der Waals surface area contributed by atoms with Crippen molar-refractivity contribution in [2.24, 2.45) is 4.99 Å². The molecule has 3 heteroatoms. The molecular weight excluding hydrogens is 825 g/mol. The van der Waals surface area contributed by atoms with Crippen LogP contribution in [0.2, 0.25) is 0 Å². The van der Waals surface area contributed by atoms with Gasteiger partial charge in [-0.15, -0.1) is 0 Å². The van der Waals surface area contributed by atoms with Crippen molar-refractivity contribution >= 4 is 89.1 Å². The van der Waals surface area contributed by atoms with Crippen LogP contribution in [0.5, 0.6) is 0 Å². The quantitative estimate of drug-likeness (QED) is 0.112. The number of furan rings is 1. The van der Waals surface area contributed by atoms with E-state index in [0.29, 0.717) is 0 Å². The summed E-state index contributed by atoms with van der Waals surface area (Å²) < 4.78 is 7.19. The van der Waals surface area contributed by atoms with E-state index >= 15 is 0 Å². The normalized spacial score (nSPS) is 15.8. The third-order valence-corrected chi connectivity index (χ3v) is 14.5. The second-order valence-corrected chi connectivity index (χ2v) is 18.3. The third kappa shape index (κ3) is 6.31. The van der Waals surface area contributed by atoms with E-state index in [9.17, 15) is 0 Å². The average molecular weight is 871 g/mol. The highest BCUT2D eigenvalue weighted by Crippen LogP contribution is 2.55.